The van der Waals surface area contributed by atoms with Gasteiger partial charge in [0.2, 0.25) is 0 Å². The molecule has 0 amide bonds. The van der Waals surface area contributed by atoms with E-state index < -0.39 is 16.1 Å². The van der Waals surface area contributed by atoms with Gasteiger partial charge in [0.1, 0.15) is 17.7 Å². The van der Waals surface area contributed by atoms with E-state index in [0.29, 0.717) is 41.6 Å². The molecule has 1 aromatic heterocycles. The molecule has 2 aromatic carbocycles. The molecule has 4 rings (SSSR count). The van der Waals surface area contributed by atoms with Gasteiger partial charge < -0.3 is 14.3 Å². The summed E-state index contributed by atoms with van der Waals surface area (Å²) in [5, 5.41) is 10.1. The summed E-state index contributed by atoms with van der Waals surface area (Å²) in [6, 6.07) is 11.4. The molecule has 1 unspecified atom stereocenters. The quantitative estimate of drug-likeness (QED) is 0.714. The third-order valence-corrected chi connectivity index (χ3v) is 5.75. The van der Waals surface area contributed by atoms with Crippen LogP contribution in [-0.2, 0) is 10.0 Å². The van der Waals surface area contributed by atoms with Crippen LogP contribution in [0.15, 0.2) is 58.0 Å². The van der Waals surface area contributed by atoms with Gasteiger partial charge in [0, 0.05) is 24.5 Å². The highest BCUT2D eigenvalue weighted by Gasteiger charge is 2.24. The number of aromatic nitrogens is 1. The highest BCUT2D eigenvalue weighted by atomic mass is 32.2. The summed E-state index contributed by atoms with van der Waals surface area (Å²) < 4.78 is 38.8. The summed E-state index contributed by atoms with van der Waals surface area (Å²) in [6.07, 6.45) is 1.34. The molecule has 2 N–H and O–H groups in total. The number of ether oxygens (including phenoxy) is 1. The second-order valence-electron chi connectivity index (χ2n) is 6.26. The van der Waals surface area contributed by atoms with Gasteiger partial charge in [-0.15, -0.1) is 0 Å². The zero-order valence-corrected chi connectivity index (χ0v) is 15.4. The van der Waals surface area contributed by atoms with Gasteiger partial charge >= 0.3 is 0 Å². The van der Waals surface area contributed by atoms with Crippen molar-refractivity contribution in [2.24, 2.45) is 0 Å². The summed E-state index contributed by atoms with van der Waals surface area (Å²) in [6.45, 7) is 2.07. The first-order chi connectivity index (χ1) is 12.9. The molecule has 2 heterocycles. The molecule has 0 saturated carbocycles. The van der Waals surface area contributed by atoms with Crippen LogP contribution in [0.3, 0.4) is 0 Å². The minimum absolute atomic E-state index is 0.112. The smallest absolute Gasteiger partial charge is 0.262 e. The van der Waals surface area contributed by atoms with Gasteiger partial charge in [-0.2, -0.15) is 0 Å². The summed E-state index contributed by atoms with van der Waals surface area (Å²) in [4.78, 5) is 4.34. The Morgan fingerprint density at radius 1 is 1.19 bits per heavy atom. The number of rotatable bonds is 4. The second-order valence-corrected chi connectivity index (χ2v) is 7.94. The molecular weight excluding hydrogens is 368 g/mol. The van der Waals surface area contributed by atoms with Crippen LogP contribution in [0.1, 0.15) is 24.0 Å². The molecule has 0 bridgehead atoms. The van der Waals surface area contributed by atoms with Crippen molar-refractivity contribution in [3.05, 3.63) is 60.2 Å². The molecule has 27 heavy (non-hydrogen) atoms. The van der Waals surface area contributed by atoms with Crippen molar-refractivity contribution in [2.45, 2.75) is 24.3 Å². The fraction of sp³-hybridized carbons (Fsp3) is 0.211. The molecule has 1 aliphatic heterocycles. The summed E-state index contributed by atoms with van der Waals surface area (Å²) in [7, 11) is -3.81. The molecule has 0 saturated heterocycles. The van der Waals surface area contributed by atoms with E-state index in [2.05, 4.69) is 9.71 Å². The van der Waals surface area contributed by atoms with Crippen molar-refractivity contribution < 1.29 is 22.7 Å². The van der Waals surface area contributed by atoms with Gasteiger partial charge in [-0.3, -0.25) is 4.72 Å². The Kier molecular flexibility index (Phi) is 4.37. The minimum atomic E-state index is -3.81. The van der Waals surface area contributed by atoms with Gasteiger partial charge in [-0.05, 0) is 18.2 Å². The average Bonchev–Trinajstić information content (AvgIpc) is 3.09. The molecule has 140 valence electrons. The van der Waals surface area contributed by atoms with Gasteiger partial charge in [-0.1, -0.05) is 24.3 Å². The van der Waals surface area contributed by atoms with Crippen molar-refractivity contribution in [3.8, 4) is 17.0 Å². The number of sulfonamides is 1. The Morgan fingerprint density at radius 2 is 1.96 bits per heavy atom. The third-order valence-electron chi connectivity index (χ3n) is 4.37. The standard InChI is InChI=1S/C19H18N2O5S/c1-12-20-17(11-26-12)13-5-7-14(8-6-13)27(23,24)21-16-4-2-3-15-18(22)9-10-25-19(15)16/h2-8,11,18,21-22H,9-10H2,1H3. The SMILES string of the molecule is Cc1nc(-c2ccc(S(=O)(=O)Nc3cccc4c3OCCC4O)cc2)co1. The number of hydrogen-bond donors (Lipinski definition) is 2. The van der Waals surface area contributed by atoms with Gasteiger partial charge in [0.05, 0.1) is 23.3 Å². The van der Waals surface area contributed by atoms with E-state index in [1.165, 1.54) is 18.4 Å². The predicted octanol–water partition coefficient (Wildman–Crippen LogP) is 3.27. The average molecular weight is 386 g/mol. The Morgan fingerprint density at radius 3 is 2.67 bits per heavy atom. The van der Waals surface area contributed by atoms with Crippen molar-refractivity contribution in [1.29, 1.82) is 0 Å². The molecular formula is C19H18N2O5S. The zero-order chi connectivity index (χ0) is 19.0. The maximum absolute atomic E-state index is 12.8. The summed E-state index contributed by atoms with van der Waals surface area (Å²) in [5.41, 5.74) is 2.29. The van der Waals surface area contributed by atoms with Crippen molar-refractivity contribution >= 4 is 15.7 Å². The van der Waals surface area contributed by atoms with E-state index in [4.69, 9.17) is 9.15 Å². The van der Waals surface area contributed by atoms with E-state index >= 15 is 0 Å². The highest BCUT2D eigenvalue weighted by Crippen LogP contribution is 2.38. The largest absolute Gasteiger partial charge is 0.491 e. The lowest BCUT2D eigenvalue weighted by Crippen LogP contribution is -2.18. The Labute approximate surface area is 156 Å². The lowest BCUT2D eigenvalue weighted by Gasteiger charge is -2.24. The molecule has 0 fully saturated rings. The molecule has 3 aromatic rings. The van der Waals surface area contributed by atoms with Crippen LogP contribution >= 0.6 is 0 Å². The third kappa shape index (κ3) is 3.41. The number of nitrogens with one attached hydrogen (secondary N) is 1. The number of aliphatic hydroxyl groups excluding tert-OH is 1. The summed E-state index contributed by atoms with van der Waals surface area (Å²) in [5.74, 6) is 0.911. The number of para-hydroxylation sites is 1. The molecule has 0 radical (unpaired) electrons. The first-order valence-corrected chi connectivity index (χ1v) is 9.91. The Balaban J connectivity index is 1.62. The fourth-order valence-electron chi connectivity index (χ4n) is 2.99. The summed E-state index contributed by atoms with van der Waals surface area (Å²) >= 11 is 0. The number of oxazole rings is 1. The minimum Gasteiger partial charge on any atom is -0.491 e. The number of aliphatic hydroxyl groups is 1. The Hall–Kier alpha value is -2.84. The van der Waals surface area contributed by atoms with Crippen LogP contribution in [0.5, 0.6) is 5.75 Å². The maximum atomic E-state index is 12.8. The van der Waals surface area contributed by atoms with Gasteiger partial charge in [-0.25, -0.2) is 13.4 Å². The normalized spacial score (nSPS) is 16.4. The van der Waals surface area contributed by atoms with Crippen LogP contribution in [0, 0.1) is 6.92 Å². The van der Waals surface area contributed by atoms with Crippen LogP contribution in [0.2, 0.25) is 0 Å². The van der Waals surface area contributed by atoms with E-state index in [-0.39, 0.29) is 4.90 Å². The number of benzene rings is 2. The van der Waals surface area contributed by atoms with Gasteiger partial charge in [0.15, 0.2) is 5.89 Å². The van der Waals surface area contributed by atoms with Gasteiger partial charge in [0.25, 0.3) is 10.0 Å². The lowest BCUT2D eigenvalue weighted by molar-refractivity contribution is 0.116. The topological polar surface area (TPSA) is 102 Å². The molecule has 1 atom stereocenters. The van der Waals surface area contributed by atoms with E-state index in [9.17, 15) is 13.5 Å². The van der Waals surface area contributed by atoms with E-state index in [1.54, 1.807) is 37.3 Å². The first kappa shape index (κ1) is 17.6. The van der Waals surface area contributed by atoms with Crippen molar-refractivity contribution in [3.63, 3.8) is 0 Å². The fourth-order valence-corrected chi connectivity index (χ4v) is 4.05. The van der Waals surface area contributed by atoms with Crippen molar-refractivity contribution in [1.82, 2.24) is 4.98 Å². The lowest BCUT2D eigenvalue weighted by atomic mass is 10.0. The monoisotopic (exact) mass is 386 g/mol. The number of aryl methyl sites for hydroxylation is 1. The number of fused-ring (bicyclic) bond motifs is 1. The van der Waals surface area contributed by atoms with E-state index in [0.717, 1.165) is 5.56 Å². The predicted molar refractivity (Wildman–Crippen MR) is 99.0 cm³/mol. The Bertz CT molecular complexity index is 1070. The molecule has 1 aliphatic rings. The second kappa shape index (κ2) is 6.71. The highest BCUT2D eigenvalue weighted by molar-refractivity contribution is 7.92. The molecule has 8 heteroatoms. The first-order valence-electron chi connectivity index (χ1n) is 8.43. The number of hydrogen-bond acceptors (Lipinski definition) is 6. The van der Waals surface area contributed by atoms with Crippen LogP contribution < -0.4 is 9.46 Å². The van der Waals surface area contributed by atoms with Crippen LogP contribution in [-0.4, -0.2) is 25.1 Å². The molecule has 0 spiro atoms. The maximum Gasteiger partial charge on any atom is 0.262 e. The van der Waals surface area contributed by atoms with Crippen LogP contribution in [0.4, 0.5) is 5.69 Å². The van der Waals surface area contributed by atoms with Crippen molar-refractivity contribution in [2.75, 3.05) is 11.3 Å². The van der Waals surface area contributed by atoms with Crippen LogP contribution in [0.25, 0.3) is 11.3 Å². The number of nitrogens with zero attached hydrogens (tertiary/aromatic N) is 1. The van der Waals surface area contributed by atoms with E-state index in [1.807, 2.05) is 0 Å². The zero-order valence-electron chi connectivity index (χ0n) is 14.5. The number of anilines is 1. The molecule has 0 aliphatic carbocycles. The molecule has 7 nitrogen and oxygen atoms in total.